The maximum absolute atomic E-state index is 12.6. The number of fused-ring (bicyclic) bond motifs is 1. The maximum atomic E-state index is 12.6. The molecule has 1 N–H and O–H groups in total. The van der Waals surface area contributed by atoms with Crippen molar-refractivity contribution in [2.24, 2.45) is 5.41 Å². The summed E-state index contributed by atoms with van der Waals surface area (Å²) in [7, 11) is -3.44. The fraction of sp³-hybridized carbons (Fsp3) is 0.429. The lowest BCUT2D eigenvalue weighted by Crippen LogP contribution is -2.51. The Morgan fingerprint density at radius 3 is 2.79 bits per heavy atom. The average Bonchev–Trinajstić information content (AvgIpc) is 3.32. The summed E-state index contributed by atoms with van der Waals surface area (Å²) in [5.41, 5.74) is 0.185. The lowest BCUT2D eigenvalue weighted by Gasteiger charge is -2.45. The van der Waals surface area contributed by atoms with E-state index < -0.39 is 10.0 Å². The molecule has 152 valence electrons. The molecule has 1 aromatic carbocycles. The second-order valence-corrected chi connectivity index (χ2v) is 11.0. The van der Waals surface area contributed by atoms with E-state index >= 15 is 0 Å². The molecule has 1 aliphatic heterocycles. The van der Waals surface area contributed by atoms with E-state index in [-0.39, 0.29) is 11.5 Å². The molecule has 5 rings (SSSR count). The Bertz CT molecular complexity index is 1140. The number of aryl methyl sites for hydroxylation is 1. The van der Waals surface area contributed by atoms with Crippen molar-refractivity contribution in [1.29, 1.82) is 0 Å². The van der Waals surface area contributed by atoms with Crippen molar-refractivity contribution in [2.75, 3.05) is 18.0 Å². The highest BCUT2D eigenvalue weighted by Gasteiger charge is 2.49. The Balaban J connectivity index is 1.27. The van der Waals surface area contributed by atoms with E-state index in [1.54, 1.807) is 41.9 Å². The molecule has 0 amide bonds. The van der Waals surface area contributed by atoms with E-state index in [9.17, 15) is 8.42 Å². The van der Waals surface area contributed by atoms with Gasteiger partial charge in [0.25, 0.3) is 0 Å². The molecule has 6 nitrogen and oxygen atoms in total. The summed E-state index contributed by atoms with van der Waals surface area (Å²) in [6, 6.07) is 10.8. The van der Waals surface area contributed by atoms with Crippen LogP contribution in [0.15, 0.2) is 47.6 Å². The van der Waals surface area contributed by atoms with Crippen molar-refractivity contribution < 1.29 is 8.42 Å². The first-order valence-corrected chi connectivity index (χ1v) is 12.3. The summed E-state index contributed by atoms with van der Waals surface area (Å²) in [5, 5.41) is 1.15. The van der Waals surface area contributed by atoms with Gasteiger partial charge in [-0.2, -0.15) is 0 Å². The van der Waals surface area contributed by atoms with Crippen LogP contribution in [-0.2, 0) is 16.4 Å². The van der Waals surface area contributed by atoms with E-state index in [0.29, 0.717) is 4.90 Å². The number of thiophene rings is 1. The average molecular weight is 429 g/mol. The fourth-order valence-corrected chi connectivity index (χ4v) is 6.91. The molecule has 2 aromatic heterocycles. The molecule has 1 spiro atoms. The Labute approximate surface area is 175 Å². The molecule has 29 heavy (non-hydrogen) atoms. The van der Waals surface area contributed by atoms with Gasteiger partial charge in [-0.1, -0.05) is 25.1 Å². The minimum Gasteiger partial charge on any atom is -0.355 e. The molecule has 0 radical (unpaired) electrons. The SMILES string of the molecule is CCc1cc2c(N3CCC4(CC(NS(=O)(=O)c5ccccc5)C4)C3)ncnc2s1. The number of sulfonamides is 1. The quantitative estimate of drug-likeness (QED) is 0.672. The summed E-state index contributed by atoms with van der Waals surface area (Å²) in [6.45, 7) is 4.05. The Morgan fingerprint density at radius 1 is 1.24 bits per heavy atom. The highest BCUT2D eigenvalue weighted by molar-refractivity contribution is 7.89. The third-order valence-electron chi connectivity index (χ3n) is 6.18. The van der Waals surface area contributed by atoms with Gasteiger partial charge in [0.05, 0.1) is 10.3 Å². The van der Waals surface area contributed by atoms with Gasteiger partial charge in [-0.05, 0) is 49.3 Å². The number of anilines is 1. The van der Waals surface area contributed by atoms with Gasteiger partial charge in [-0.3, -0.25) is 0 Å². The molecule has 8 heteroatoms. The first kappa shape index (κ1) is 19.0. The molecular formula is C21H24N4O2S2. The van der Waals surface area contributed by atoms with Crippen molar-refractivity contribution in [2.45, 2.75) is 43.5 Å². The lowest BCUT2D eigenvalue weighted by molar-refractivity contribution is 0.122. The van der Waals surface area contributed by atoms with E-state index in [4.69, 9.17) is 0 Å². The number of benzene rings is 1. The van der Waals surface area contributed by atoms with Crippen molar-refractivity contribution in [3.63, 3.8) is 0 Å². The molecule has 0 unspecified atom stereocenters. The van der Waals surface area contributed by atoms with Gasteiger partial charge in [0.1, 0.15) is 17.0 Å². The zero-order valence-electron chi connectivity index (χ0n) is 16.3. The van der Waals surface area contributed by atoms with Crippen molar-refractivity contribution in [3.05, 3.63) is 47.6 Å². The second kappa shape index (κ2) is 7.04. The number of nitrogens with zero attached hydrogens (tertiary/aromatic N) is 3. The normalized spacial score (nSPS) is 24.3. The van der Waals surface area contributed by atoms with Crippen molar-refractivity contribution in [1.82, 2.24) is 14.7 Å². The molecule has 0 bridgehead atoms. The first-order valence-electron chi connectivity index (χ1n) is 10.0. The van der Waals surface area contributed by atoms with E-state index in [0.717, 1.165) is 54.8 Å². The Kier molecular flexibility index (Phi) is 4.60. The standard InChI is InChI=1S/C21H24N4O2S2/c1-2-16-10-18-19(22-14-23-20(18)28-16)25-9-8-21(13-25)11-15(12-21)24-29(26,27)17-6-4-3-5-7-17/h3-7,10,14-15,24H,2,8-9,11-13H2,1H3. The number of nitrogens with one attached hydrogen (secondary N) is 1. The van der Waals surface area contributed by atoms with Gasteiger partial charge >= 0.3 is 0 Å². The van der Waals surface area contributed by atoms with E-state index in [1.165, 1.54) is 4.88 Å². The van der Waals surface area contributed by atoms with Crippen LogP contribution in [0, 0.1) is 5.41 Å². The van der Waals surface area contributed by atoms with Crippen LogP contribution in [0.2, 0.25) is 0 Å². The summed E-state index contributed by atoms with van der Waals surface area (Å²) >= 11 is 1.74. The molecule has 3 heterocycles. The smallest absolute Gasteiger partial charge is 0.240 e. The largest absolute Gasteiger partial charge is 0.355 e. The van der Waals surface area contributed by atoms with Gasteiger partial charge in [0, 0.05) is 24.0 Å². The third-order valence-corrected chi connectivity index (χ3v) is 8.90. The lowest BCUT2D eigenvalue weighted by atomic mass is 9.65. The highest BCUT2D eigenvalue weighted by atomic mass is 32.2. The molecule has 1 aliphatic carbocycles. The minimum absolute atomic E-state index is 0.0124. The van der Waals surface area contributed by atoms with Crippen LogP contribution in [0.25, 0.3) is 10.2 Å². The van der Waals surface area contributed by atoms with Crippen LogP contribution in [0.4, 0.5) is 5.82 Å². The Hall–Kier alpha value is -2.03. The van der Waals surface area contributed by atoms with Gasteiger partial charge in [-0.25, -0.2) is 23.1 Å². The summed E-state index contributed by atoms with van der Waals surface area (Å²) in [5.74, 6) is 1.02. The first-order chi connectivity index (χ1) is 14.0. The van der Waals surface area contributed by atoms with Gasteiger partial charge in [0.2, 0.25) is 10.0 Å². The molecule has 0 atom stereocenters. The predicted octanol–water partition coefficient (Wildman–Crippen LogP) is 3.59. The van der Waals surface area contributed by atoms with Crippen LogP contribution in [0.3, 0.4) is 0 Å². The zero-order valence-corrected chi connectivity index (χ0v) is 18.0. The van der Waals surface area contributed by atoms with Crippen molar-refractivity contribution >= 4 is 37.4 Å². The van der Waals surface area contributed by atoms with Crippen LogP contribution >= 0.6 is 11.3 Å². The van der Waals surface area contributed by atoms with Crippen LogP contribution in [0.1, 0.15) is 31.1 Å². The molecule has 1 saturated carbocycles. The number of rotatable bonds is 5. The Morgan fingerprint density at radius 2 is 2.03 bits per heavy atom. The minimum atomic E-state index is -3.44. The van der Waals surface area contributed by atoms with Crippen LogP contribution in [0.5, 0.6) is 0 Å². The van der Waals surface area contributed by atoms with E-state index in [2.05, 4.69) is 32.6 Å². The van der Waals surface area contributed by atoms with Crippen molar-refractivity contribution in [3.8, 4) is 0 Å². The topological polar surface area (TPSA) is 75.2 Å². The molecular weight excluding hydrogens is 404 g/mol. The monoisotopic (exact) mass is 428 g/mol. The predicted molar refractivity (Wildman–Crippen MR) is 116 cm³/mol. The number of hydrogen-bond acceptors (Lipinski definition) is 6. The summed E-state index contributed by atoms with van der Waals surface area (Å²) in [6.07, 6.45) is 5.51. The molecule has 2 aliphatic rings. The molecule has 1 saturated heterocycles. The maximum Gasteiger partial charge on any atom is 0.240 e. The second-order valence-electron chi connectivity index (χ2n) is 8.19. The van der Waals surface area contributed by atoms with Gasteiger partial charge < -0.3 is 4.90 Å². The van der Waals surface area contributed by atoms with E-state index in [1.807, 2.05) is 6.07 Å². The van der Waals surface area contributed by atoms with Gasteiger partial charge in [0.15, 0.2) is 0 Å². The molecule has 2 fully saturated rings. The fourth-order valence-electron chi connectivity index (χ4n) is 4.72. The van der Waals surface area contributed by atoms with Crippen LogP contribution in [-0.4, -0.2) is 37.5 Å². The third kappa shape index (κ3) is 3.43. The molecule has 3 aromatic rings. The number of aromatic nitrogens is 2. The highest BCUT2D eigenvalue weighted by Crippen LogP contribution is 2.50. The summed E-state index contributed by atoms with van der Waals surface area (Å²) in [4.78, 5) is 14.1. The number of hydrogen-bond donors (Lipinski definition) is 1. The van der Waals surface area contributed by atoms with Gasteiger partial charge in [-0.15, -0.1) is 11.3 Å². The van der Waals surface area contributed by atoms with Crippen LogP contribution < -0.4 is 9.62 Å². The zero-order chi connectivity index (χ0) is 20.1. The summed E-state index contributed by atoms with van der Waals surface area (Å²) < 4.78 is 28.0.